The minimum Gasteiger partial charge on any atom is -0.496 e. The number of fused-ring (bicyclic) bond motifs is 1. The van der Waals surface area contributed by atoms with Crippen LogP contribution in [0.25, 0.3) is 32.7 Å². The third kappa shape index (κ3) is 4.18. The number of rotatable bonds is 5. The van der Waals surface area contributed by atoms with E-state index in [9.17, 15) is 9.18 Å². The molecule has 0 spiro atoms. The van der Waals surface area contributed by atoms with Gasteiger partial charge in [-0.05, 0) is 36.4 Å². The topological polar surface area (TPSA) is 89.9 Å². The molecule has 168 valence electrons. The number of methoxy groups -OCH3 is 1. The first-order valence-corrected chi connectivity index (χ1v) is 11.2. The van der Waals surface area contributed by atoms with Crippen LogP contribution in [-0.4, -0.2) is 33.2 Å². The lowest BCUT2D eigenvalue weighted by molar-refractivity contribution is 0.102. The van der Waals surface area contributed by atoms with Crippen molar-refractivity contribution in [2.24, 2.45) is 0 Å². The monoisotopic (exact) mass is 491 g/mol. The number of anilines is 1. The largest absolute Gasteiger partial charge is 0.496 e. The van der Waals surface area contributed by atoms with Crippen LogP contribution in [0.3, 0.4) is 0 Å². The summed E-state index contributed by atoms with van der Waals surface area (Å²) in [5.74, 6) is -0.263. The normalized spacial score (nSPS) is 10.9. The second kappa shape index (κ2) is 9.12. The third-order valence-electron chi connectivity index (χ3n) is 5.06. The highest BCUT2D eigenvalue weighted by Crippen LogP contribution is 2.33. The van der Waals surface area contributed by atoms with Crippen molar-refractivity contribution in [3.05, 3.63) is 83.4 Å². The molecule has 3 heterocycles. The van der Waals surface area contributed by atoms with Gasteiger partial charge in [0.2, 0.25) is 0 Å². The third-order valence-corrected chi connectivity index (χ3v) is 6.17. The second-order valence-electron chi connectivity index (χ2n) is 7.13. The minimum atomic E-state index is -0.466. The van der Waals surface area contributed by atoms with E-state index in [2.05, 4.69) is 25.5 Å². The number of thiazole rings is 1. The molecule has 10 heteroatoms. The Hall–Kier alpha value is -3.95. The zero-order valence-electron chi connectivity index (χ0n) is 17.6. The van der Waals surface area contributed by atoms with E-state index in [0.29, 0.717) is 54.2 Å². The molecule has 0 bridgehead atoms. The summed E-state index contributed by atoms with van der Waals surface area (Å²) in [6.45, 7) is 0. The maximum Gasteiger partial charge on any atom is 0.259 e. The van der Waals surface area contributed by atoms with Gasteiger partial charge in [0.1, 0.15) is 21.9 Å². The van der Waals surface area contributed by atoms with Crippen LogP contribution < -0.4 is 10.1 Å². The van der Waals surface area contributed by atoms with Gasteiger partial charge in [0.15, 0.2) is 5.13 Å². The number of amides is 1. The molecule has 1 amide bonds. The van der Waals surface area contributed by atoms with Gasteiger partial charge in [0.05, 0.1) is 30.8 Å². The minimum absolute atomic E-state index is 0.309. The lowest BCUT2D eigenvalue weighted by Gasteiger charge is -2.11. The molecule has 3 aromatic heterocycles. The van der Waals surface area contributed by atoms with Gasteiger partial charge in [0.25, 0.3) is 5.91 Å². The van der Waals surface area contributed by atoms with Gasteiger partial charge in [-0.1, -0.05) is 41.1 Å². The van der Waals surface area contributed by atoms with Crippen LogP contribution in [0.5, 0.6) is 5.75 Å². The molecule has 1 N–H and O–H groups in total. The van der Waals surface area contributed by atoms with Crippen molar-refractivity contribution in [3.8, 4) is 28.1 Å². The van der Waals surface area contributed by atoms with Crippen molar-refractivity contribution < 1.29 is 13.9 Å². The summed E-state index contributed by atoms with van der Waals surface area (Å²) in [6, 6.07) is 15.2. The highest BCUT2D eigenvalue weighted by Gasteiger charge is 2.18. The molecular formula is C24H15ClFN5O2S. The van der Waals surface area contributed by atoms with E-state index in [-0.39, 0.29) is 0 Å². The first-order valence-electron chi connectivity index (χ1n) is 10.0. The zero-order chi connectivity index (χ0) is 23.7. The number of carbonyl (C=O) groups is 1. The van der Waals surface area contributed by atoms with Crippen molar-refractivity contribution in [1.82, 2.24) is 20.2 Å². The van der Waals surface area contributed by atoms with Crippen LogP contribution in [0.2, 0.25) is 5.02 Å². The number of hydrogen-bond acceptors (Lipinski definition) is 7. The molecular weight excluding hydrogens is 477 g/mol. The zero-order valence-corrected chi connectivity index (χ0v) is 19.2. The van der Waals surface area contributed by atoms with Gasteiger partial charge in [-0.2, -0.15) is 10.2 Å². The van der Waals surface area contributed by atoms with E-state index < -0.39 is 11.7 Å². The molecule has 5 aromatic rings. The predicted octanol–water partition coefficient (Wildman–Crippen LogP) is 5.87. The SMILES string of the molecule is COc1ccccc1-c1cnncc1C(=O)Nc1nc2ccc(-c3ccc(Cl)cc3F)nc2s1. The number of para-hydroxylation sites is 1. The molecule has 0 aliphatic rings. The van der Waals surface area contributed by atoms with Crippen molar-refractivity contribution in [3.63, 3.8) is 0 Å². The number of nitrogens with one attached hydrogen (secondary N) is 1. The van der Waals surface area contributed by atoms with E-state index >= 15 is 0 Å². The molecule has 5 rings (SSSR count). The van der Waals surface area contributed by atoms with E-state index in [1.807, 2.05) is 18.2 Å². The van der Waals surface area contributed by atoms with Crippen LogP contribution in [-0.2, 0) is 0 Å². The smallest absolute Gasteiger partial charge is 0.259 e. The molecule has 7 nitrogen and oxygen atoms in total. The summed E-state index contributed by atoms with van der Waals surface area (Å²) in [5, 5.41) is 11.3. The number of benzene rings is 2. The van der Waals surface area contributed by atoms with Crippen LogP contribution >= 0.6 is 22.9 Å². The summed E-state index contributed by atoms with van der Waals surface area (Å²) in [7, 11) is 1.56. The molecule has 0 saturated carbocycles. The van der Waals surface area contributed by atoms with Crippen LogP contribution in [0, 0.1) is 5.82 Å². The van der Waals surface area contributed by atoms with Crippen LogP contribution in [0.15, 0.2) is 67.0 Å². The fourth-order valence-corrected chi connectivity index (χ4v) is 4.46. The van der Waals surface area contributed by atoms with Gasteiger partial charge in [-0.25, -0.2) is 14.4 Å². The summed E-state index contributed by atoms with van der Waals surface area (Å²) < 4.78 is 19.7. The van der Waals surface area contributed by atoms with Crippen LogP contribution in [0.4, 0.5) is 9.52 Å². The molecule has 0 aliphatic carbocycles. The number of halogens is 2. The Balaban J connectivity index is 1.46. The standard InChI is InChI=1S/C24H15ClFN5O2S/c1-33-21-5-3-2-4-14(21)16-11-27-28-12-17(16)22(32)31-24-30-20-9-8-19(29-23(20)34-24)15-7-6-13(25)10-18(15)26/h2-12H,1H3,(H,30,31,32). The van der Waals surface area contributed by atoms with Crippen molar-refractivity contribution in [1.29, 1.82) is 0 Å². The number of carbonyl (C=O) groups excluding carboxylic acids is 1. The molecule has 0 atom stereocenters. The number of hydrogen-bond donors (Lipinski definition) is 1. The Kier molecular flexibility index (Phi) is 5.87. The second-order valence-corrected chi connectivity index (χ2v) is 8.55. The highest BCUT2D eigenvalue weighted by molar-refractivity contribution is 7.22. The summed E-state index contributed by atoms with van der Waals surface area (Å²) in [4.78, 5) is 22.6. The van der Waals surface area contributed by atoms with Crippen molar-refractivity contribution in [2.75, 3.05) is 12.4 Å². The van der Waals surface area contributed by atoms with Gasteiger partial charge in [-0.15, -0.1) is 0 Å². The predicted molar refractivity (Wildman–Crippen MR) is 130 cm³/mol. The molecule has 0 fully saturated rings. The molecule has 34 heavy (non-hydrogen) atoms. The number of nitrogens with zero attached hydrogens (tertiary/aromatic N) is 4. The number of ether oxygens (including phenoxy) is 1. The molecule has 2 aromatic carbocycles. The van der Waals surface area contributed by atoms with Crippen molar-refractivity contribution in [2.45, 2.75) is 0 Å². The average Bonchev–Trinajstić information content (AvgIpc) is 3.25. The maximum atomic E-state index is 14.3. The van der Waals surface area contributed by atoms with E-state index in [4.69, 9.17) is 16.3 Å². The number of aromatic nitrogens is 4. The summed E-state index contributed by atoms with van der Waals surface area (Å²) in [5.41, 5.74) is 2.96. The Morgan fingerprint density at radius 3 is 2.65 bits per heavy atom. The number of pyridine rings is 1. The van der Waals surface area contributed by atoms with E-state index in [1.165, 1.54) is 29.8 Å². The molecule has 0 radical (unpaired) electrons. The summed E-state index contributed by atoms with van der Waals surface area (Å²) in [6.07, 6.45) is 2.91. The summed E-state index contributed by atoms with van der Waals surface area (Å²) >= 11 is 7.03. The fourth-order valence-electron chi connectivity index (χ4n) is 3.47. The average molecular weight is 492 g/mol. The Morgan fingerprint density at radius 2 is 1.82 bits per heavy atom. The maximum absolute atomic E-state index is 14.3. The van der Waals surface area contributed by atoms with E-state index in [0.717, 1.165) is 0 Å². The lowest BCUT2D eigenvalue weighted by Crippen LogP contribution is -2.14. The van der Waals surface area contributed by atoms with Gasteiger partial charge >= 0.3 is 0 Å². The van der Waals surface area contributed by atoms with Gasteiger partial charge in [0, 0.05) is 21.7 Å². The Morgan fingerprint density at radius 1 is 1.00 bits per heavy atom. The van der Waals surface area contributed by atoms with E-state index in [1.54, 1.807) is 37.4 Å². The quantitative estimate of drug-likeness (QED) is 0.331. The molecule has 0 aliphatic heterocycles. The first kappa shape index (κ1) is 21.9. The Bertz CT molecular complexity index is 1540. The van der Waals surface area contributed by atoms with Crippen molar-refractivity contribution >= 4 is 44.3 Å². The van der Waals surface area contributed by atoms with Gasteiger partial charge in [-0.3, -0.25) is 10.1 Å². The van der Waals surface area contributed by atoms with Crippen LogP contribution in [0.1, 0.15) is 10.4 Å². The molecule has 0 saturated heterocycles. The lowest BCUT2D eigenvalue weighted by atomic mass is 10.0. The van der Waals surface area contributed by atoms with Gasteiger partial charge < -0.3 is 4.74 Å². The molecule has 0 unspecified atom stereocenters. The Labute approximate surface area is 202 Å². The highest BCUT2D eigenvalue weighted by atomic mass is 35.5. The first-order chi connectivity index (χ1) is 16.5. The fraction of sp³-hybridized carbons (Fsp3) is 0.0417.